The van der Waals surface area contributed by atoms with Gasteiger partial charge in [-0.15, -0.1) is 6.58 Å². The van der Waals surface area contributed by atoms with E-state index in [1.807, 2.05) is 0 Å². The number of carbonyl (C=O) groups is 1. The molecule has 3 N–H and O–H groups in total. The maximum atomic E-state index is 11.6. The molecule has 1 aromatic rings. The Morgan fingerprint density at radius 3 is 2.86 bits per heavy atom. The van der Waals surface area contributed by atoms with Gasteiger partial charge in [-0.05, 0) is 6.92 Å². The predicted molar refractivity (Wildman–Crippen MR) is 54.9 cm³/mol. The molecule has 5 heteroatoms. The summed E-state index contributed by atoms with van der Waals surface area (Å²) in [6, 6.07) is 0. The van der Waals surface area contributed by atoms with Crippen LogP contribution in [0.25, 0.3) is 0 Å². The zero-order chi connectivity index (χ0) is 10.7. The molecule has 0 aliphatic carbocycles. The molecule has 76 valence electrons. The summed E-state index contributed by atoms with van der Waals surface area (Å²) in [5, 5.41) is 6.70. The molecule has 14 heavy (non-hydrogen) atoms. The van der Waals surface area contributed by atoms with Crippen LogP contribution >= 0.6 is 0 Å². The van der Waals surface area contributed by atoms with E-state index in [4.69, 9.17) is 5.73 Å². The van der Waals surface area contributed by atoms with Crippen LogP contribution in [0.4, 0.5) is 5.82 Å². The molecular weight excluding hydrogens is 180 g/mol. The molecule has 1 amide bonds. The third kappa shape index (κ3) is 1.76. The predicted octanol–water partition coefficient (Wildman–Crippen LogP) is 0.227. The lowest BCUT2D eigenvalue weighted by atomic mass is 10.2. The Balaban J connectivity index is 2.94. The molecule has 0 saturated carbocycles. The second kappa shape index (κ2) is 3.95. The Hall–Kier alpha value is -1.78. The minimum Gasteiger partial charge on any atom is -0.383 e. The average molecular weight is 194 g/mol. The van der Waals surface area contributed by atoms with Crippen molar-refractivity contribution in [3.8, 4) is 0 Å². The third-order valence-corrected chi connectivity index (χ3v) is 1.90. The molecule has 0 unspecified atom stereocenters. The van der Waals surface area contributed by atoms with Crippen molar-refractivity contribution < 1.29 is 4.79 Å². The van der Waals surface area contributed by atoms with Gasteiger partial charge in [-0.25, -0.2) is 0 Å². The zero-order valence-electron chi connectivity index (χ0n) is 8.37. The van der Waals surface area contributed by atoms with E-state index in [0.29, 0.717) is 23.6 Å². The number of aromatic nitrogens is 2. The van der Waals surface area contributed by atoms with Crippen LogP contribution in [0.3, 0.4) is 0 Å². The van der Waals surface area contributed by atoms with Crippen molar-refractivity contribution in [1.82, 2.24) is 15.1 Å². The van der Waals surface area contributed by atoms with E-state index < -0.39 is 0 Å². The van der Waals surface area contributed by atoms with Crippen LogP contribution in [-0.4, -0.2) is 22.2 Å². The highest BCUT2D eigenvalue weighted by Gasteiger charge is 2.16. The monoisotopic (exact) mass is 194 g/mol. The number of amides is 1. The van der Waals surface area contributed by atoms with Gasteiger partial charge in [-0.2, -0.15) is 5.10 Å². The third-order valence-electron chi connectivity index (χ3n) is 1.90. The van der Waals surface area contributed by atoms with Crippen molar-refractivity contribution in [2.24, 2.45) is 7.05 Å². The summed E-state index contributed by atoms with van der Waals surface area (Å²) in [4.78, 5) is 11.6. The summed E-state index contributed by atoms with van der Waals surface area (Å²) in [5.41, 5.74) is 6.76. The fourth-order valence-electron chi connectivity index (χ4n) is 1.21. The maximum Gasteiger partial charge on any atom is 0.257 e. The van der Waals surface area contributed by atoms with E-state index in [1.165, 1.54) is 4.68 Å². The lowest BCUT2D eigenvalue weighted by Gasteiger charge is -2.01. The Morgan fingerprint density at radius 1 is 1.79 bits per heavy atom. The van der Waals surface area contributed by atoms with E-state index in [9.17, 15) is 4.79 Å². The Bertz CT molecular complexity index is 367. The van der Waals surface area contributed by atoms with Crippen LogP contribution in [0.2, 0.25) is 0 Å². The summed E-state index contributed by atoms with van der Waals surface area (Å²) < 4.78 is 1.48. The van der Waals surface area contributed by atoms with Crippen molar-refractivity contribution >= 4 is 11.7 Å². The fourth-order valence-corrected chi connectivity index (χ4v) is 1.21. The lowest BCUT2D eigenvalue weighted by Crippen LogP contribution is -2.24. The van der Waals surface area contributed by atoms with E-state index >= 15 is 0 Å². The maximum absolute atomic E-state index is 11.6. The first-order chi connectivity index (χ1) is 6.57. The molecule has 0 fully saturated rings. The topological polar surface area (TPSA) is 72.9 Å². The van der Waals surface area contributed by atoms with E-state index in [-0.39, 0.29) is 5.91 Å². The van der Waals surface area contributed by atoms with Crippen molar-refractivity contribution in [2.75, 3.05) is 12.3 Å². The molecule has 0 bridgehead atoms. The first-order valence-corrected chi connectivity index (χ1v) is 4.26. The molecule has 0 atom stereocenters. The van der Waals surface area contributed by atoms with Crippen molar-refractivity contribution in [3.63, 3.8) is 0 Å². The van der Waals surface area contributed by atoms with Gasteiger partial charge < -0.3 is 11.1 Å². The molecule has 1 rings (SSSR count). The highest BCUT2D eigenvalue weighted by atomic mass is 16.1. The van der Waals surface area contributed by atoms with Gasteiger partial charge >= 0.3 is 0 Å². The molecule has 0 aliphatic rings. The Labute approximate surface area is 82.6 Å². The summed E-state index contributed by atoms with van der Waals surface area (Å²) in [6.45, 7) is 5.68. The number of anilines is 1. The first kappa shape index (κ1) is 10.3. The highest BCUT2D eigenvalue weighted by Crippen LogP contribution is 2.14. The quantitative estimate of drug-likeness (QED) is 0.676. The molecule has 0 aliphatic heterocycles. The van der Waals surface area contributed by atoms with Crippen LogP contribution in [0.5, 0.6) is 0 Å². The summed E-state index contributed by atoms with van der Waals surface area (Å²) >= 11 is 0. The number of nitrogens with zero attached hydrogens (tertiary/aromatic N) is 2. The number of aryl methyl sites for hydroxylation is 2. The number of nitrogen functional groups attached to an aromatic ring is 1. The number of carbonyl (C=O) groups excluding carboxylic acids is 1. The molecule has 1 aromatic heterocycles. The SMILES string of the molecule is C=CCNC(=O)c1c(C)nn(C)c1N. The zero-order valence-corrected chi connectivity index (χ0v) is 8.37. The van der Waals surface area contributed by atoms with Crippen LogP contribution in [0.15, 0.2) is 12.7 Å². The normalized spacial score (nSPS) is 9.86. The standard InChI is InChI=1S/C9H14N4O/c1-4-5-11-9(14)7-6(2)12-13(3)8(7)10/h4H,1,5,10H2,2-3H3,(H,11,14). The molecular formula is C9H14N4O. The Kier molecular flexibility index (Phi) is 2.91. The molecule has 0 aromatic carbocycles. The largest absolute Gasteiger partial charge is 0.383 e. The number of rotatable bonds is 3. The number of hydrogen-bond donors (Lipinski definition) is 2. The summed E-state index contributed by atoms with van der Waals surface area (Å²) in [6.07, 6.45) is 1.61. The average Bonchev–Trinajstić information content (AvgIpc) is 2.38. The first-order valence-electron chi connectivity index (χ1n) is 4.26. The van der Waals surface area contributed by atoms with Crippen molar-refractivity contribution in [1.29, 1.82) is 0 Å². The molecule has 5 nitrogen and oxygen atoms in total. The molecule has 0 saturated heterocycles. The van der Waals surface area contributed by atoms with Gasteiger partial charge in [0, 0.05) is 13.6 Å². The second-order valence-corrected chi connectivity index (χ2v) is 2.97. The number of nitrogens with two attached hydrogens (primary N) is 1. The van der Waals surface area contributed by atoms with Gasteiger partial charge in [0.25, 0.3) is 5.91 Å². The van der Waals surface area contributed by atoms with Gasteiger partial charge in [0.15, 0.2) is 0 Å². The summed E-state index contributed by atoms with van der Waals surface area (Å²) in [5.74, 6) is 0.164. The van der Waals surface area contributed by atoms with Crippen molar-refractivity contribution in [2.45, 2.75) is 6.92 Å². The van der Waals surface area contributed by atoms with Crippen LogP contribution < -0.4 is 11.1 Å². The van der Waals surface area contributed by atoms with Crippen LogP contribution in [0, 0.1) is 6.92 Å². The highest BCUT2D eigenvalue weighted by molar-refractivity contribution is 5.99. The minimum absolute atomic E-state index is 0.215. The van der Waals surface area contributed by atoms with Gasteiger partial charge in [0.1, 0.15) is 11.4 Å². The van der Waals surface area contributed by atoms with Gasteiger partial charge in [0.05, 0.1) is 5.69 Å². The number of nitrogens with one attached hydrogen (secondary N) is 1. The molecule has 0 spiro atoms. The van der Waals surface area contributed by atoms with Gasteiger partial charge in [-0.3, -0.25) is 9.48 Å². The van der Waals surface area contributed by atoms with Crippen LogP contribution in [0.1, 0.15) is 16.1 Å². The van der Waals surface area contributed by atoms with Crippen LogP contribution in [-0.2, 0) is 7.05 Å². The van der Waals surface area contributed by atoms with Gasteiger partial charge in [-0.1, -0.05) is 6.08 Å². The van der Waals surface area contributed by atoms with Crippen molar-refractivity contribution in [3.05, 3.63) is 23.9 Å². The lowest BCUT2D eigenvalue weighted by molar-refractivity contribution is 0.0958. The minimum atomic E-state index is -0.215. The van der Waals surface area contributed by atoms with E-state index in [0.717, 1.165) is 0 Å². The van der Waals surface area contributed by atoms with Gasteiger partial charge in [0.2, 0.25) is 0 Å². The fraction of sp³-hybridized carbons (Fsp3) is 0.333. The number of hydrogen-bond acceptors (Lipinski definition) is 3. The van der Waals surface area contributed by atoms with E-state index in [1.54, 1.807) is 20.0 Å². The molecule has 1 heterocycles. The Morgan fingerprint density at radius 2 is 2.43 bits per heavy atom. The second-order valence-electron chi connectivity index (χ2n) is 2.97. The summed E-state index contributed by atoms with van der Waals surface area (Å²) in [7, 11) is 1.70. The smallest absolute Gasteiger partial charge is 0.257 e. The molecule has 0 radical (unpaired) electrons. The van der Waals surface area contributed by atoms with E-state index in [2.05, 4.69) is 17.0 Å².